The Labute approximate surface area is 103 Å². The first-order valence-electron chi connectivity index (χ1n) is 6.00. The van der Waals surface area contributed by atoms with E-state index in [1.807, 2.05) is 0 Å². The molecule has 0 aromatic heterocycles. The van der Waals surface area contributed by atoms with Crippen molar-refractivity contribution < 1.29 is 8.42 Å². The van der Waals surface area contributed by atoms with Gasteiger partial charge in [-0.2, -0.15) is 0 Å². The smallest absolute Gasteiger partial charge is 0.152 e. The molecule has 0 bridgehead atoms. The number of nitrogens with two attached hydrogens (primary N) is 1. The summed E-state index contributed by atoms with van der Waals surface area (Å²) in [7, 11) is -2.91. The maximum absolute atomic E-state index is 11.5. The summed E-state index contributed by atoms with van der Waals surface area (Å²) in [6.07, 6.45) is 2.24. The Morgan fingerprint density at radius 1 is 1.24 bits per heavy atom. The molecule has 0 aliphatic carbocycles. The second kappa shape index (κ2) is 4.42. The molecule has 2 rings (SSSR count). The van der Waals surface area contributed by atoms with Crippen LogP contribution in [0, 0.1) is 0 Å². The second-order valence-corrected chi connectivity index (χ2v) is 7.24. The maximum Gasteiger partial charge on any atom is 0.152 e. The SMILES string of the molecule is CCc1ccc(CC2(N)CCS(=O)(=O)C2)cc1. The van der Waals surface area contributed by atoms with Crippen molar-refractivity contribution in [2.75, 3.05) is 11.5 Å². The van der Waals surface area contributed by atoms with E-state index in [-0.39, 0.29) is 11.5 Å². The molecule has 1 heterocycles. The van der Waals surface area contributed by atoms with Crippen molar-refractivity contribution in [1.29, 1.82) is 0 Å². The van der Waals surface area contributed by atoms with Crippen LogP contribution in [-0.2, 0) is 22.7 Å². The predicted octanol–water partition coefficient (Wildman–Crippen LogP) is 1.31. The van der Waals surface area contributed by atoms with Crippen molar-refractivity contribution in [3.63, 3.8) is 0 Å². The van der Waals surface area contributed by atoms with Crippen LogP contribution in [0.25, 0.3) is 0 Å². The molecule has 1 aliphatic heterocycles. The molecule has 94 valence electrons. The highest BCUT2D eigenvalue weighted by Crippen LogP contribution is 2.25. The van der Waals surface area contributed by atoms with Gasteiger partial charge in [-0.05, 0) is 30.4 Å². The fourth-order valence-electron chi connectivity index (χ4n) is 2.38. The Hall–Kier alpha value is -0.870. The van der Waals surface area contributed by atoms with Gasteiger partial charge in [0.25, 0.3) is 0 Å². The molecule has 2 N–H and O–H groups in total. The molecule has 1 unspecified atom stereocenters. The molecule has 0 radical (unpaired) electrons. The standard InChI is InChI=1S/C13H19NO2S/c1-2-11-3-5-12(6-4-11)9-13(14)7-8-17(15,16)10-13/h3-6H,2,7-10,14H2,1H3. The first-order valence-corrected chi connectivity index (χ1v) is 7.82. The molecule has 0 saturated carbocycles. The quantitative estimate of drug-likeness (QED) is 0.883. The summed E-state index contributed by atoms with van der Waals surface area (Å²) in [5.41, 5.74) is 8.01. The van der Waals surface area contributed by atoms with Crippen molar-refractivity contribution >= 4 is 9.84 Å². The summed E-state index contributed by atoms with van der Waals surface area (Å²) >= 11 is 0. The van der Waals surface area contributed by atoms with Gasteiger partial charge >= 0.3 is 0 Å². The number of aryl methyl sites for hydroxylation is 1. The third kappa shape index (κ3) is 3.07. The van der Waals surface area contributed by atoms with Crippen LogP contribution in [0.3, 0.4) is 0 Å². The molecule has 1 aromatic rings. The zero-order valence-electron chi connectivity index (χ0n) is 10.1. The van der Waals surface area contributed by atoms with E-state index in [0.717, 1.165) is 12.0 Å². The average Bonchev–Trinajstić information content (AvgIpc) is 2.54. The van der Waals surface area contributed by atoms with Crippen LogP contribution < -0.4 is 5.73 Å². The van der Waals surface area contributed by atoms with Gasteiger partial charge in [-0.15, -0.1) is 0 Å². The molecule has 3 nitrogen and oxygen atoms in total. The van der Waals surface area contributed by atoms with E-state index < -0.39 is 15.4 Å². The third-order valence-electron chi connectivity index (χ3n) is 3.41. The van der Waals surface area contributed by atoms with E-state index in [4.69, 9.17) is 5.73 Å². The number of sulfone groups is 1. The summed E-state index contributed by atoms with van der Waals surface area (Å²) in [4.78, 5) is 0. The van der Waals surface area contributed by atoms with E-state index in [1.165, 1.54) is 5.56 Å². The van der Waals surface area contributed by atoms with E-state index in [9.17, 15) is 8.42 Å². The van der Waals surface area contributed by atoms with Gasteiger partial charge in [0.2, 0.25) is 0 Å². The molecule has 1 aromatic carbocycles. The normalized spacial score (nSPS) is 27.2. The predicted molar refractivity (Wildman–Crippen MR) is 69.7 cm³/mol. The average molecular weight is 253 g/mol. The van der Waals surface area contributed by atoms with Crippen LogP contribution in [-0.4, -0.2) is 25.5 Å². The minimum absolute atomic E-state index is 0.121. The van der Waals surface area contributed by atoms with Gasteiger partial charge in [0.15, 0.2) is 9.84 Å². The van der Waals surface area contributed by atoms with E-state index in [2.05, 4.69) is 31.2 Å². The molecule has 0 amide bonds. The lowest BCUT2D eigenvalue weighted by Crippen LogP contribution is -2.43. The monoisotopic (exact) mass is 253 g/mol. The Balaban J connectivity index is 2.10. The van der Waals surface area contributed by atoms with Crippen molar-refractivity contribution in [3.05, 3.63) is 35.4 Å². The fourth-order valence-corrected chi connectivity index (χ4v) is 4.36. The van der Waals surface area contributed by atoms with Crippen molar-refractivity contribution in [1.82, 2.24) is 0 Å². The highest BCUT2D eigenvalue weighted by molar-refractivity contribution is 7.91. The second-order valence-electron chi connectivity index (χ2n) is 5.05. The van der Waals surface area contributed by atoms with E-state index in [0.29, 0.717) is 12.8 Å². The number of hydrogen-bond acceptors (Lipinski definition) is 3. The Morgan fingerprint density at radius 3 is 2.29 bits per heavy atom. The van der Waals surface area contributed by atoms with Gasteiger partial charge < -0.3 is 5.73 Å². The van der Waals surface area contributed by atoms with Crippen LogP contribution in [0.1, 0.15) is 24.5 Å². The first-order chi connectivity index (χ1) is 7.92. The summed E-state index contributed by atoms with van der Waals surface area (Å²) in [5.74, 6) is 0.353. The lowest BCUT2D eigenvalue weighted by molar-refractivity contribution is 0.476. The molecule has 1 fully saturated rings. The van der Waals surface area contributed by atoms with Gasteiger partial charge in [-0.3, -0.25) is 0 Å². The van der Waals surface area contributed by atoms with Gasteiger partial charge in [-0.1, -0.05) is 31.2 Å². The van der Waals surface area contributed by atoms with Crippen molar-refractivity contribution in [2.45, 2.75) is 31.7 Å². The van der Waals surface area contributed by atoms with Crippen LogP contribution in [0.5, 0.6) is 0 Å². The van der Waals surface area contributed by atoms with Gasteiger partial charge in [-0.25, -0.2) is 8.42 Å². The van der Waals surface area contributed by atoms with Crippen LogP contribution in [0.2, 0.25) is 0 Å². The van der Waals surface area contributed by atoms with Crippen LogP contribution in [0.15, 0.2) is 24.3 Å². The van der Waals surface area contributed by atoms with E-state index in [1.54, 1.807) is 0 Å². The van der Waals surface area contributed by atoms with Crippen molar-refractivity contribution in [2.24, 2.45) is 5.73 Å². The fraction of sp³-hybridized carbons (Fsp3) is 0.538. The zero-order valence-corrected chi connectivity index (χ0v) is 11.0. The Kier molecular flexibility index (Phi) is 3.27. The molecule has 1 aliphatic rings. The summed E-state index contributed by atoms with van der Waals surface area (Å²) in [5, 5.41) is 0. The molecule has 0 spiro atoms. The lowest BCUT2D eigenvalue weighted by Gasteiger charge is -2.22. The number of benzene rings is 1. The molecule has 1 atom stereocenters. The largest absolute Gasteiger partial charge is 0.324 e. The van der Waals surface area contributed by atoms with Gasteiger partial charge in [0.05, 0.1) is 11.5 Å². The Bertz CT molecular complexity index is 493. The molecular weight excluding hydrogens is 234 g/mol. The molecule has 17 heavy (non-hydrogen) atoms. The Morgan fingerprint density at radius 2 is 1.82 bits per heavy atom. The molecule has 1 saturated heterocycles. The zero-order chi connectivity index (χ0) is 12.5. The van der Waals surface area contributed by atoms with Crippen LogP contribution >= 0.6 is 0 Å². The third-order valence-corrected chi connectivity index (χ3v) is 5.25. The molecule has 4 heteroatoms. The number of hydrogen-bond donors (Lipinski definition) is 1. The first kappa shape index (κ1) is 12.6. The topological polar surface area (TPSA) is 60.2 Å². The van der Waals surface area contributed by atoms with Crippen molar-refractivity contribution in [3.8, 4) is 0 Å². The number of rotatable bonds is 3. The van der Waals surface area contributed by atoms with Gasteiger partial charge in [0, 0.05) is 5.54 Å². The minimum Gasteiger partial charge on any atom is -0.324 e. The van der Waals surface area contributed by atoms with Gasteiger partial charge in [0.1, 0.15) is 0 Å². The highest BCUT2D eigenvalue weighted by Gasteiger charge is 2.38. The maximum atomic E-state index is 11.5. The summed E-state index contributed by atoms with van der Waals surface area (Å²) in [6, 6.07) is 8.28. The lowest BCUT2D eigenvalue weighted by atomic mass is 9.91. The van der Waals surface area contributed by atoms with E-state index >= 15 is 0 Å². The van der Waals surface area contributed by atoms with Crippen LogP contribution in [0.4, 0.5) is 0 Å². The summed E-state index contributed by atoms with van der Waals surface area (Å²) < 4.78 is 22.9. The minimum atomic E-state index is -2.91. The summed E-state index contributed by atoms with van der Waals surface area (Å²) in [6.45, 7) is 2.11. The molecular formula is C13H19NO2S. The highest BCUT2D eigenvalue weighted by atomic mass is 32.2.